The van der Waals surface area contributed by atoms with Crippen LogP contribution in [0.5, 0.6) is 5.75 Å². The summed E-state index contributed by atoms with van der Waals surface area (Å²) in [6.07, 6.45) is -0.688. The number of benzene rings is 1. The van der Waals surface area contributed by atoms with Gasteiger partial charge in [0.05, 0.1) is 18.2 Å². The molecule has 1 aliphatic heterocycles. The third kappa shape index (κ3) is 5.96. The number of aromatic nitrogens is 4. The predicted octanol–water partition coefficient (Wildman–Crippen LogP) is 1.71. The molecular weight excluding hydrogens is 569 g/mol. The van der Waals surface area contributed by atoms with Crippen molar-refractivity contribution >= 4 is 25.2 Å². The molecule has 1 aliphatic rings. The van der Waals surface area contributed by atoms with Crippen LogP contribution in [0.2, 0.25) is 0 Å². The van der Waals surface area contributed by atoms with Crippen LogP contribution in [-0.2, 0) is 29.0 Å². The highest BCUT2D eigenvalue weighted by atomic mass is 31.2. The van der Waals surface area contributed by atoms with E-state index < -0.39 is 55.2 Å². The quantitative estimate of drug-likeness (QED) is 0.192. The summed E-state index contributed by atoms with van der Waals surface area (Å²) in [6.45, 7) is 7.23. The van der Waals surface area contributed by atoms with Gasteiger partial charge in [-0.15, -0.1) is 0 Å². The number of aliphatic hydroxyl groups is 2. The number of anilines is 1. The van der Waals surface area contributed by atoms with E-state index >= 15 is 0 Å². The van der Waals surface area contributed by atoms with Gasteiger partial charge in [0.1, 0.15) is 48.3 Å². The normalized spacial score (nSPS) is 26.3. The fourth-order valence-electron chi connectivity index (χ4n) is 4.30. The predicted molar refractivity (Wildman–Crippen MR) is 148 cm³/mol. The number of nitrogen functional groups attached to an aromatic ring is 1. The van der Waals surface area contributed by atoms with Gasteiger partial charge < -0.3 is 29.9 Å². The zero-order chi connectivity index (χ0) is 30.9. The summed E-state index contributed by atoms with van der Waals surface area (Å²) in [5, 5.41) is 39.5. The number of nitrogens with one attached hydrogen (secondary N) is 1. The Balaban J connectivity index is 1.57. The largest absolute Gasteiger partial charge is 0.464 e. The number of para-hydroxylation sites is 1. The van der Waals surface area contributed by atoms with Gasteiger partial charge in [0.2, 0.25) is 5.60 Å². The van der Waals surface area contributed by atoms with Crippen molar-refractivity contribution in [1.29, 1.82) is 5.26 Å². The van der Waals surface area contributed by atoms with Crippen molar-refractivity contribution in [1.82, 2.24) is 24.7 Å². The van der Waals surface area contributed by atoms with Crippen LogP contribution < -0.4 is 15.3 Å². The minimum atomic E-state index is -4.23. The van der Waals surface area contributed by atoms with Gasteiger partial charge in [-0.1, -0.05) is 18.2 Å². The summed E-state index contributed by atoms with van der Waals surface area (Å²) < 4.78 is 37.8. The Bertz CT molecular complexity index is 1520. The first-order chi connectivity index (χ1) is 19.6. The van der Waals surface area contributed by atoms with E-state index in [1.165, 1.54) is 17.6 Å². The Kier molecular flexibility index (Phi) is 8.62. The smallest absolute Gasteiger partial charge is 0.459 e. The summed E-state index contributed by atoms with van der Waals surface area (Å²) in [7, 11) is -4.23. The van der Waals surface area contributed by atoms with Crippen LogP contribution in [0.1, 0.15) is 40.3 Å². The lowest BCUT2D eigenvalue weighted by atomic mass is 9.80. The van der Waals surface area contributed by atoms with Crippen LogP contribution in [0.3, 0.4) is 0 Å². The number of hydrogen-bond acceptors (Lipinski definition) is 13. The molecule has 0 aliphatic carbocycles. The van der Waals surface area contributed by atoms with Crippen molar-refractivity contribution in [2.75, 3.05) is 18.9 Å². The number of ether oxygens (including phenoxy) is 2. The summed E-state index contributed by atoms with van der Waals surface area (Å²) in [5.74, 6) is -0.218. The lowest BCUT2D eigenvalue weighted by molar-refractivity contribution is -0.153. The molecule has 2 aromatic heterocycles. The number of nitrogens with zero attached hydrogens (tertiary/aromatic N) is 5. The van der Waals surface area contributed by atoms with E-state index in [1.54, 1.807) is 58.0 Å². The van der Waals surface area contributed by atoms with Crippen LogP contribution in [0, 0.1) is 16.7 Å². The number of aliphatic hydroxyl groups excluding tert-OH is 1. The molecule has 6 atom stereocenters. The highest BCUT2D eigenvalue weighted by molar-refractivity contribution is 7.52. The van der Waals surface area contributed by atoms with E-state index in [0.29, 0.717) is 0 Å². The summed E-state index contributed by atoms with van der Waals surface area (Å²) in [5.41, 5.74) is 0.824. The van der Waals surface area contributed by atoms with E-state index in [-0.39, 0.29) is 29.5 Å². The lowest BCUT2D eigenvalue weighted by Crippen LogP contribution is -2.52. The minimum absolute atomic E-state index is 0.0169. The van der Waals surface area contributed by atoms with Gasteiger partial charge in [0.15, 0.2) is 11.5 Å². The molecule has 1 fully saturated rings. The van der Waals surface area contributed by atoms with Gasteiger partial charge in [-0.05, 0) is 46.8 Å². The van der Waals surface area contributed by atoms with Crippen LogP contribution >= 0.6 is 7.75 Å². The molecule has 16 heteroatoms. The second-order valence-electron chi connectivity index (χ2n) is 11.1. The maximum Gasteiger partial charge on any atom is 0.459 e. The third-order valence-electron chi connectivity index (χ3n) is 6.65. The second-order valence-corrected chi connectivity index (χ2v) is 12.8. The zero-order valence-electron chi connectivity index (χ0n) is 23.8. The van der Waals surface area contributed by atoms with Crippen LogP contribution in [0.25, 0.3) is 5.65 Å². The zero-order valence-corrected chi connectivity index (χ0v) is 24.7. The minimum Gasteiger partial charge on any atom is -0.464 e. The Labute approximate surface area is 242 Å². The highest BCUT2D eigenvalue weighted by Gasteiger charge is 2.66. The lowest BCUT2D eigenvalue weighted by Gasteiger charge is -2.32. The number of rotatable bonds is 10. The van der Waals surface area contributed by atoms with Gasteiger partial charge >= 0.3 is 13.7 Å². The van der Waals surface area contributed by atoms with Crippen molar-refractivity contribution in [3.8, 4) is 11.8 Å². The second kappa shape index (κ2) is 11.6. The Morgan fingerprint density at radius 2 is 2.02 bits per heavy atom. The van der Waals surface area contributed by atoms with Gasteiger partial charge in [-0.3, -0.25) is 9.32 Å². The van der Waals surface area contributed by atoms with Gasteiger partial charge in [0.25, 0.3) is 0 Å². The van der Waals surface area contributed by atoms with Crippen LogP contribution in [0.4, 0.5) is 5.82 Å². The summed E-state index contributed by atoms with van der Waals surface area (Å²) in [4.78, 5) is 20.2. The first kappa shape index (κ1) is 31.3. The molecule has 3 heterocycles. The number of carbonyl (C=O) groups is 1. The van der Waals surface area contributed by atoms with Crippen molar-refractivity contribution in [2.45, 2.75) is 64.1 Å². The molecule has 0 amide bonds. The molecule has 0 saturated carbocycles. The summed E-state index contributed by atoms with van der Waals surface area (Å²) in [6, 6.07) is 9.45. The van der Waals surface area contributed by atoms with Crippen molar-refractivity contribution in [2.24, 2.45) is 5.41 Å². The van der Waals surface area contributed by atoms with E-state index in [4.69, 9.17) is 24.3 Å². The molecule has 3 aromatic rings. The highest BCUT2D eigenvalue weighted by Crippen LogP contribution is 2.50. The topological polar surface area (TPSA) is 216 Å². The van der Waals surface area contributed by atoms with E-state index in [9.17, 15) is 24.8 Å². The number of hydrogen-bond donors (Lipinski definition) is 4. The first-order valence-corrected chi connectivity index (χ1v) is 14.6. The Morgan fingerprint density at radius 3 is 2.67 bits per heavy atom. The number of fused-ring (bicyclic) bond motifs is 1. The monoisotopic (exact) mass is 603 g/mol. The number of carbonyl (C=O) groups excluding carboxylic acids is 1. The Morgan fingerprint density at radius 1 is 1.33 bits per heavy atom. The van der Waals surface area contributed by atoms with Crippen LogP contribution in [-0.4, -0.2) is 72.8 Å². The van der Waals surface area contributed by atoms with E-state index in [2.05, 4.69) is 20.2 Å². The molecule has 1 aromatic carbocycles. The first-order valence-electron chi connectivity index (χ1n) is 13.0. The fourth-order valence-corrected chi connectivity index (χ4v) is 5.84. The molecule has 15 nitrogen and oxygen atoms in total. The standard InChI is InChI=1S/C26H34N7O8P/c1-16(12-38-23(35)24(2,3)4)32-42(37,41-17-9-7-6-8-10-17)39-13-18-20(34)25(5,36)26(14-27,40-18)19-11-29-22-21(28)30-15-31-33(19)22/h6-11,15-16,18,20,34,36H,12-13H2,1-5H3,(H,32,37)(H2,28,30,31)/t16-,18+,20+,25+,26-,42?/m0/s1. The van der Waals surface area contributed by atoms with E-state index in [0.717, 1.165) is 6.33 Å². The van der Waals surface area contributed by atoms with Gasteiger partial charge in [-0.2, -0.15) is 10.4 Å². The van der Waals surface area contributed by atoms with Crippen molar-refractivity contribution in [3.05, 3.63) is 48.5 Å². The molecule has 0 spiro atoms. The average molecular weight is 604 g/mol. The average Bonchev–Trinajstić information content (AvgIpc) is 3.44. The molecule has 42 heavy (non-hydrogen) atoms. The number of nitrogens with two attached hydrogens (primary N) is 1. The maximum atomic E-state index is 13.9. The Hall–Kier alpha value is -3.64. The molecule has 1 saturated heterocycles. The number of nitriles is 1. The summed E-state index contributed by atoms with van der Waals surface area (Å²) >= 11 is 0. The van der Waals surface area contributed by atoms with Crippen LogP contribution in [0.15, 0.2) is 42.9 Å². The molecular formula is C26H34N7O8P. The molecule has 1 unspecified atom stereocenters. The van der Waals surface area contributed by atoms with Gasteiger partial charge in [0, 0.05) is 6.04 Å². The van der Waals surface area contributed by atoms with Crippen molar-refractivity contribution < 1.29 is 38.1 Å². The number of imidazole rings is 1. The SMILES string of the molecule is C[C@@H](COC(=O)C(C)(C)C)NP(=O)(OC[C@H]1O[C@@](C#N)(c2cnc3c(N)ncnn23)[C@](C)(O)[C@@H]1O)Oc1ccccc1. The molecule has 5 N–H and O–H groups in total. The number of esters is 1. The fraction of sp³-hybridized carbons (Fsp3) is 0.500. The maximum absolute atomic E-state index is 13.9. The van der Waals surface area contributed by atoms with E-state index in [1.807, 2.05) is 6.07 Å². The third-order valence-corrected chi connectivity index (χ3v) is 8.35. The molecule has 4 rings (SSSR count). The van der Waals surface area contributed by atoms with Crippen molar-refractivity contribution in [3.63, 3.8) is 0 Å². The molecule has 226 valence electrons. The molecule has 0 bridgehead atoms. The molecule has 0 radical (unpaired) electrons. The van der Waals surface area contributed by atoms with Gasteiger partial charge in [-0.25, -0.2) is 24.1 Å².